The molecule has 3 nitrogen and oxygen atoms in total. The number of rotatable bonds is 6. The van der Waals surface area contributed by atoms with Crippen LogP contribution >= 0.6 is 11.8 Å². The molecule has 1 N–H and O–H groups in total. The Morgan fingerprint density at radius 1 is 1.47 bits per heavy atom. The Morgan fingerprint density at radius 3 is 2.65 bits per heavy atom. The minimum absolute atomic E-state index is 0.178. The Labute approximate surface area is 111 Å². The summed E-state index contributed by atoms with van der Waals surface area (Å²) in [5.74, 6) is 2.58. The van der Waals surface area contributed by atoms with Crippen LogP contribution in [0.15, 0.2) is 0 Å². The van der Waals surface area contributed by atoms with Gasteiger partial charge in [-0.2, -0.15) is 11.8 Å². The van der Waals surface area contributed by atoms with E-state index in [9.17, 15) is 0 Å². The van der Waals surface area contributed by atoms with Crippen molar-refractivity contribution in [3.63, 3.8) is 0 Å². The van der Waals surface area contributed by atoms with Crippen LogP contribution < -0.4 is 5.32 Å². The van der Waals surface area contributed by atoms with E-state index in [0.29, 0.717) is 6.04 Å². The maximum atomic E-state index is 5.36. The smallest absolute Gasteiger partial charge is 0.0630 e. The van der Waals surface area contributed by atoms with Gasteiger partial charge in [-0.25, -0.2) is 0 Å². The molecule has 0 aromatic heterocycles. The maximum Gasteiger partial charge on any atom is 0.0630 e. The fourth-order valence-corrected chi connectivity index (χ4v) is 3.36. The van der Waals surface area contributed by atoms with Gasteiger partial charge in [-0.05, 0) is 40.0 Å². The van der Waals surface area contributed by atoms with E-state index in [1.54, 1.807) is 7.11 Å². The van der Waals surface area contributed by atoms with Crippen LogP contribution in [0.5, 0.6) is 0 Å². The fourth-order valence-electron chi connectivity index (χ4n) is 2.08. The molecule has 0 aromatic rings. The van der Waals surface area contributed by atoms with Crippen LogP contribution in [0.2, 0.25) is 0 Å². The summed E-state index contributed by atoms with van der Waals surface area (Å²) in [5, 5.41) is 3.58. The number of methoxy groups -OCH3 is 1. The third kappa shape index (κ3) is 5.60. The Balaban J connectivity index is 2.45. The van der Waals surface area contributed by atoms with Crippen molar-refractivity contribution in [2.45, 2.75) is 44.8 Å². The molecule has 1 fully saturated rings. The summed E-state index contributed by atoms with van der Waals surface area (Å²) in [6, 6.07) is 1.20. The number of nitrogens with zero attached hydrogens (tertiary/aromatic N) is 1. The summed E-state index contributed by atoms with van der Waals surface area (Å²) in [4.78, 5) is 2.50. The molecular formula is C13H28N2OS. The molecule has 0 aliphatic carbocycles. The standard InChI is InChI=1S/C13H28N2OS/c1-13(2,3)14-8-12(9-16-5)15(4)11-6-7-17-10-11/h11-12,14H,6-10H2,1-5H3. The molecule has 1 aliphatic rings. The van der Waals surface area contributed by atoms with Crippen LogP contribution in [0.1, 0.15) is 27.2 Å². The second kappa shape index (κ2) is 6.98. The lowest BCUT2D eigenvalue weighted by atomic mass is 10.1. The first-order valence-electron chi connectivity index (χ1n) is 6.47. The minimum atomic E-state index is 0.178. The Hall–Kier alpha value is 0.230. The van der Waals surface area contributed by atoms with Crippen molar-refractivity contribution >= 4 is 11.8 Å². The molecule has 17 heavy (non-hydrogen) atoms. The Morgan fingerprint density at radius 2 is 2.18 bits per heavy atom. The lowest BCUT2D eigenvalue weighted by molar-refractivity contribution is 0.0818. The van der Waals surface area contributed by atoms with E-state index >= 15 is 0 Å². The molecular weight excluding hydrogens is 232 g/mol. The monoisotopic (exact) mass is 260 g/mol. The SMILES string of the molecule is COCC(CNC(C)(C)C)N(C)C1CCSC1. The van der Waals surface area contributed by atoms with Crippen LogP contribution in [0.3, 0.4) is 0 Å². The average Bonchev–Trinajstić information content (AvgIpc) is 2.75. The quantitative estimate of drug-likeness (QED) is 0.787. The van der Waals surface area contributed by atoms with E-state index in [-0.39, 0.29) is 5.54 Å². The summed E-state index contributed by atoms with van der Waals surface area (Å²) in [6.45, 7) is 8.43. The molecule has 1 rings (SSSR count). The molecule has 2 atom stereocenters. The highest BCUT2D eigenvalue weighted by Crippen LogP contribution is 2.22. The van der Waals surface area contributed by atoms with Crippen molar-refractivity contribution in [3.8, 4) is 0 Å². The highest BCUT2D eigenvalue weighted by atomic mass is 32.2. The summed E-state index contributed by atoms with van der Waals surface area (Å²) < 4.78 is 5.36. The number of ether oxygens (including phenoxy) is 1. The zero-order valence-electron chi connectivity index (χ0n) is 12.0. The van der Waals surface area contributed by atoms with Crippen LogP contribution in [-0.2, 0) is 4.74 Å². The maximum absolute atomic E-state index is 5.36. The topological polar surface area (TPSA) is 24.5 Å². The molecule has 0 spiro atoms. The average molecular weight is 260 g/mol. The summed E-state index contributed by atoms with van der Waals surface area (Å²) >= 11 is 2.07. The zero-order chi connectivity index (χ0) is 12.9. The molecule has 0 saturated carbocycles. The molecule has 102 valence electrons. The summed E-state index contributed by atoms with van der Waals surface area (Å²) in [5.41, 5.74) is 0.178. The first-order chi connectivity index (χ1) is 7.94. The first kappa shape index (κ1) is 15.3. The van der Waals surface area contributed by atoms with Crippen molar-refractivity contribution < 1.29 is 4.74 Å². The largest absolute Gasteiger partial charge is 0.383 e. The van der Waals surface area contributed by atoms with Crippen LogP contribution in [0.25, 0.3) is 0 Å². The fraction of sp³-hybridized carbons (Fsp3) is 1.00. The van der Waals surface area contributed by atoms with Gasteiger partial charge in [-0.15, -0.1) is 0 Å². The number of hydrogen-bond acceptors (Lipinski definition) is 4. The van der Waals surface area contributed by atoms with E-state index in [0.717, 1.165) is 19.2 Å². The first-order valence-corrected chi connectivity index (χ1v) is 7.63. The van der Waals surface area contributed by atoms with E-state index < -0.39 is 0 Å². The summed E-state index contributed by atoms with van der Waals surface area (Å²) in [7, 11) is 4.03. The van der Waals surface area contributed by atoms with Gasteiger partial charge >= 0.3 is 0 Å². The van der Waals surface area contributed by atoms with E-state index in [2.05, 4.69) is 49.8 Å². The Kier molecular flexibility index (Phi) is 6.27. The normalized spacial score (nSPS) is 23.3. The van der Waals surface area contributed by atoms with Crippen LogP contribution in [0.4, 0.5) is 0 Å². The predicted molar refractivity (Wildman–Crippen MR) is 76.9 cm³/mol. The summed E-state index contributed by atoms with van der Waals surface area (Å²) in [6.07, 6.45) is 1.32. The van der Waals surface area contributed by atoms with Crippen molar-refractivity contribution in [1.29, 1.82) is 0 Å². The molecule has 1 heterocycles. The van der Waals surface area contributed by atoms with E-state index in [1.165, 1.54) is 17.9 Å². The lowest BCUT2D eigenvalue weighted by Crippen LogP contribution is -2.51. The highest BCUT2D eigenvalue weighted by molar-refractivity contribution is 7.99. The van der Waals surface area contributed by atoms with Gasteiger partial charge in [-0.3, -0.25) is 4.90 Å². The van der Waals surface area contributed by atoms with Crippen LogP contribution in [-0.4, -0.2) is 61.3 Å². The van der Waals surface area contributed by atoms with Gasteiger partial charge in [0.1, 0.15) is 0 Å². The second-order valence-corrected chi connectivity index (χ2v) is 7.07. The molecule has 0 amide bonds. The van der Waals surface area contributed by atoms with Gasteiger partial charge in [0, 0.05) is 37.0 Å². The van der Waals surface area contributed by atoms with Crippen molar-refractivity contribution in [3.05, 3.63) is 0 Å². The van der Waals surface area contributed by atoms with Crippen molar-refractivity contribution in [2.24, 2.45) is 0 Å². The van der Waals surface area contributed by atoms with Crippen molar-refractivity contribution in [1.82, 2.24) is 10.2 Å². The zero-order valence-corrected chi connectivity index (χ0v) is 12.8. The van der Waals surface area contributed by atoms with Crippen LogP contribution in [0, 0.1) is 0 Å². The Bertz CT molecular complexity index is 212. The number of thioether (sulfide) groups is 1. The molecule has 1 saturated heterocycles. The van der Waals surface area contributed by atoms with Gasteiger partial charge in [0.2, 0.25) is 0 Å². The van der Waals surface area contributed by atoms with Gasteiger partial charge in [0.25, 0.3) is 0 Å². The molecule has 0 aromatic carbocycles. The third-order valence-corrected chi connectivity index (χ3v) is 4.43. The van der Waals surface area contributed by atoms with Crippen molar-refractivity contribution in [2.75, 3.05) is 38.8 Å². The van der Waals surface area contributed by atoms with Gasteiger partial charge in [0.15, 0.2) is 0 Å². The molecule has 0 bridgehead atoms. The van der Waals surface area contributed by atoms with Gasteiger partial charge in [0.05, 0.1) is 6.61 Å². The number of hydrogen-bond donors (Lipinski definition) is 1. The molecule has 1 aliphatic heterocycles. The van der Waals surface area contributed by atoms with E-state index in [4.69, 9.17) is 4.74 Å². The number of likely N-dealkylation sites (N-methyl/N-ethyl adjacent to an activating group) is 1. The number of nitrogens with one attached hydrogen (secondary N) is 1. The predicted octanol–water partition coefficient (Wildman–Crippen LogP) is 1.83. The lowest BCUT2D eigenvalue weighted by Gasteiger charge is -2.34. The van der Waals surface area contributed by atoms with Gasteiger partial charge < -0.3 is 10.1 Å². The van der Waals surface area contributed by atoms with Gasteiger partial charge in [-0.1, -0.05) is 0 Å². The second-order valence-electron chi connectivity index (χ2n) is 5.92. The van der Waals surface area contributed by atoms with E-state index in [1.807, 2.05) is 0 Å². The molecule has 2 unspecified atom stereocenters. The molecule has 4 heteroatoms. The molecule has 0 radical (unpaired) electrons. The highest BCUT2D eigenvalue weighted by Gasteiger charge is 2.26. The minimum Gasteiger partial charge on any atom is -0.383 e. The third-order valence-electron chi connectivity index (χ3n) is 3.28.